The van der Waals surface area contributed by atoms with Crippen LogP contribution in [0.5, 0.6) is 0 Å². The number of aryl methyl sites for hydroxylation is 1. The molecule has 0 unspecified atom stereocenters. The third-order valence-corrected chi connectivity index (χ3v) is 9.68. The summed E-state index contributed by atoms with van der Waals surface area (Å²) in [5, 5.41) is 11.7. The van der Waals surface area contributed by atoms with Crippen LogP contribution in [0.2, 0.25) is 5.02 Å². The number of ketones is 1. The Morgan fingerprint density at radius 3 is 2.55 bits per heavy atom. The first kappa shape index (κ1) is 35.6. The Morgan fingerprint density at radius 1 is 0.939 bits per heavy atom. The molecule has 2 aliphatic heterocycles. The van der Waals surface area contributed by atoms with E-state index in [-0.39, 0.29) is 41.3 Å². The average Bonchev–Trinajstić information content (AvgIpc) is 3.60. The molecule has 0 bridgehead atoms. The zero-order valence-corrected chi connectivity index (χ0v) is 28.6. The first-order valence-electron chi connectivity index (χ1n) is 16.4. The maximum absolute atomic E-state index is 13.4. The summed E-state index contributed by atoms with van der Waals surface area (Å²) in [5.41, 5.74) is 2.54. The number of hydrogen-bond donors (Lipinski definition) is 3. The molecule has 0 saturated carbocycles. The van der Waals surface area contributed by atoms with Crippen molar-refractivity contribution in [3.8, 4) is 11.3 Å². The summed E-state index contributed by atoms with van der Waals surface area (Å²) in [6.07, 6.45) is 4.74. The Kier molecular flexibility index (Phi) is 12.1. The summed E-state index contributed by atoms with van der Waals surface area (Å²) >= 11 is 7.75. The zero-order chi connectivity index (χ0) is 34.9. The SMILES string of the molecule is C=C1CCC[C@H](N2C(=O)c3cccc(NC(=O)CCC(=O)CCCCCNC(=O)CCc4nc(-c5ccccc5Cl)cs4)c3C2=O)C(=O)N1. The van der Waals surface area contributed by atoms with Gasteiger partial charge in [0, 0.05) is 60.3 Å². The molecule has 3 heterocycles. The monoisotopic (exact) mass is 703 g/mol. The highest BCUT2D eigenvalue weighted by Crippen LogP contribution is 2.33. The minimum Gasteiger partial charge on any atom is -0.356 e. The molecule has 0 aliphatic carbocycles. The van der Waals surface area contributed by atoms with Crippen LogP contribution in [0.15, 0.2) is 60.1 Å². The van der Waals surface area contributed by atoms with Crippen LogP contribution in [0, 0.1) is 0 Å². The quantitative estimate of drug-likeness (QED) is 0.133. The average molecular weight is 704 g/mol. The molecular formula is C36H38ClN5O6S. The van der Waals surface area contributed by atoms with E-state index in [1.807, 2.05) is 29.6 Å². The predicted octanol–water partition coefficient (Wildman–Crippen LogP) is 5.84. The Balaban J connectivity index is 0.976. The van der Waals surface area contributed by atoms with Crippen molar-refractivity contribution in [2.24, 2.45) is 0 Å². The summed E-state index contributed by atoms with van der Waals surface area (Å²) in [4.78, 5) is 82.2. The van der Waals surface area contributed by atoms with Crippen molar-refractivity contribution in [3.05, 3.63) is 81.3 Å². The van der Waals surface area contributed by atoms with Gasteiger partial charge in [-0.3, -0.25) is 33.7 Å². The van der Waals surface area contributed by atoms with Crippen molar-refractivity contribution < 1.29 is 28.8 Å². The maximum atomic E-state index is 13.4. The molecule has 2 aliphatic rings. The highest BCUT2D eigenvalue weighted by Gasteiger charge is 2.44. The largest absolute Gasteiger partial charge is 0.356 e. The highest BCUT2D eigenvalue weighted by atomic mass is 35.5. The van der Waals surface area contributed by atoms with Crippen LogP contribution in [-0.4, -0.2) is 57.8 Å². The molecule has 5 amide bonds. The van der Waals surface area contributed by atoms with Crippen LogP contribution in [0.25, 0.3) is 11.3 Å². The Labute approximate surface area is 293 Å². The van der Waals surface area contributed by atoms with Crippen LogP contribution in [0.1, 0.15) is 89.9 Å². The number of halogens is 1. The number of imide groups is 1. The minimum atomic E-state index is -0.965. The number of carbonyl (C=O) groups excluding carboxylic acids is 6. The van der Waals surface area contributed by atoms with E-state index >= 15 is 0 Å². The van der Waals surface area contributed by atoms with Crippen LogP contribution >= 0.6 is 22.9 Å². The molecule has 11 nitrogen and oxygen atoms in total. The van der Waals surface area contributed by atoms with Gasteiger partial charge in [0.2, 0.25) is 17.7 Å². The predicted molar refractivity (Wildman–Crippen MR) is 187 cm³/mol. The fraction of sp³-hybridized carbons (Fsp3) is 0.361. The normalized spacial score (nSPS) is 15.9. The molecule has 2 aromatic carbocycles. The number of rotatable bonds is 15. The molecule has 1 fully saturated rings. The number of benzene rings is 2. The number of fused-ring (bicyclic) bond motifs is 1. The van der Waals surface area contributed by atoms with E-state index < -0.39 is 29.7 Å². The number of Topliss-reactive ketones (excluding diaryl/α,β-unsaturated/α-hetero) is 1. The van der Waals surface area contributed by atoms with Crippen molar-refractivity contribution >= 4 is 63.9 Å². The van der Waals surface area contributed by atoms with E-state index in [0.29, 0.717) is 62.2 Å². The van der Waals surface area contributed by atoms with Gasteiger partial charge < -0.3 is 16.0 Å². The lowest BCUT2D eigenvalue weighted by molar-refractivity contribution is -0.124. The number of nitrogens with zero attached hydrogens (tertiary/aromatic N) is 2. The van der Waals surface area contributed by atoms with Crippen molar-refractivity contribution in [2.75, 3.05) is 11.9 Å². The first-order valence-corrected chi connectivity index (χ1v) is 17.6. The summed E-state index contributed by atoms with van der Waals surface area (Å²) in [6.45, 7) is 4.30. The molecule has 3 N–H and O–H groups in total. The van der Waals surface area contributed by atoms with Gasteiger partial charge in [0.1, 0.15) is 11.8 Å². The number of carbonyl (C=O) groups is 6. The fourth-order valence-electron chi connectivity index (χ4n) is 5.87. The number of hydrogen-bond acceptors (Lipinski definition) is 8. The molecule has 49 heavy (non-hydrogen) atoms. The minimum absolute atomic E-state index is 0.0394. The topological polar surface area (TPSA) is 155 Å². The van der Waals surface area contributed by atoms with Gasteiger partial charge >= 0.3 is 0 Å². The van der Waals surface area contributed by atoms with Crippen molar-refractivity contribution in [2.45, 2.75) is 76.7 Å². The van der Waals surface area contributed by atoms with Crippen LogP contribution in [0.3, 0.4) is 0 Å². The fourth-order valence-corrected chi connectivity index (χ4v) is 6.90. The number of nitrogens with one attached hydrogen (secondary N) is 3. The Hall–Kier alpha value is -4.68. The number of aromatic nitrogens is 1. The van der Waals surface area contributed by atoms with Crippen molar-refractivity contribution in [1.29, 1.82) is 0 Å². The standard InChI is InChI=1S/C36H38ClN5O6S/c1-22-9-7-15-29(34(46)39-22)42-35(47)25-12-8-14-27(33(25)36(42)48)40-31(45)17-16-23(43)10-3-2-6-20-38-30(44)18-19-32-41-28(21-49-32)24-11-4-5-13-26(24)37/h4-5,8,11-14,21,29H,1-3,6-7,9-10,15-20H2,(H,38,44)(H,39,46)(H,40,45)/t29-/m0/s1. The van der Waals surface area contributed by atoms with E-state index in [1.54, 1.807) is 6.07 Å². The van der Waals surface area contributed by atoms with Crippen molar-refractivity contribution in [1.82, 2.24) is 20.5 Å². The van der Waals surface area contributed by atoms with Gasteiger partial charge in [-0.25, -0.2) is 4.98 Å². The first-order chi connectivity index (χ1) is 23.6. The summed E-state index contributed by atoms with van der Waals surface area (Å²) < 4.78 is 0. The number of allylic oxidation sites excluding steroid dienone is 1. The summed E-state index contributed by atoms with van der Waals surface area (Å²) in [5.74, 6) is -2.25. The molecule has 1 aromatic heterocycles. The van der Waals surface area contributed by atoms with Gasteiger partial charge in [0.05, 0.1) is 27.5 Å². The second-order valence-corrected chi connectivity index (χ2v) is 13.4. The van der Waals surface area contributed by atoms with E-state index in [0.717, 1.165) is 34.0 Å². The van der Waals surface area contributed by atoms with Crippen LogP contribution in [0.4, 0.5) is 5.69 Å². The number of unbranched alkanes of at least 4 members (excludes halogenated alkanes) is 2. The van der Waals surface area contributed by atoms with Gasteiger partial charge in [0.15, 0.2) is 0 Å². The van der Waals surface area contributed by atoms with E-state index in [9.17, 15) is 28.8 Å². The molecule has 0 radical (unpaired) electrons. The number of thiazole rings is 1. The third-order valence-electron chi connectivity index (χ3n) is 8.44. The Bertz CT molecular complexity index is 1790. The molecule has 1 saturated heterocycles. The summed E-state index contributed by atoms with van der Waals surface area (Å²) in [7, 11) is 0. The third kappa shape index (κ3) is 9.07. The summed E-state index contributed by atoms with van der Waals surface area (Å²) in [6, 6.07) is 11.1. The lowest BCUT2D eigenvalue weighted by Gasteiger charge is -2.23. The van der Waals surface area contributed by atoms with Gasteiger partial charge in [0.25, 0.3) is 11.8 Å². The van der Waals surface area contributed by atoms with Gasteiger partial charge in [-0.05, 0) is 50.3 Å². The van der Waals surface area contributed by atoms with Crippen molar-refractivity contribution in [3.63, 3.8) is 0 Å². The van der Waals surface area contributed by atoms with Gasteiger partial charge in [-0.15, -0.1) is 11.3 Å². The number of amides is 5. The molecule has 3 aromatic rings. The molecule has 13 heteroatoms. The lowest BCUT2D eigenvalue weighted by Crippen LogP contribution is -2.48. The van der Waals surface area contributed by atoms with Crippen LogP contribution in [-0.2, 0) is 25.6 Å². The second kappa shape index (κ2) is 16.6. The highest BCUT2D eigenvalue weighted by molar-refractivity contribution is 7.10. The molecule has 256 valence electrons. The maximum Gasteiger partial charge on any atom is 0.264 e. The van der Waals surface area contributed by atoms with E-state index in [2.05, 4.69) is 27.5 Å². The second-order valence-electron chi connectivity index (χ2n) is 12.1. The Morgan fingerprint density at radius 2 is 1.73 bits per heavy atom. The zero-order valence-electron chi connectivity index (χ0n) is 27.0. The molecule has 1 atom stereocenters. The molecule has 0 spiro atoms. The molecule has 5 rings (SSSR count). The smallest absolute Gasteiger partial charge is 0.264 e. The lowest BCUT2D eigenvalue weighted by atomic mass is 10.1. The molecular weight excluding hydrogens is 666 g/mol. The number of anilines is 1. The van der Waals surface area contributed by atoms with E-state index in [4.69, 9.17) is 11.6 Å². The van der Waals surface area contributed by atoms with Gasteiger partial charge in [-0.2, -0.15) is 0 Å². The van der Waals surface area contributed by atoms with E-state index in [1.165, 1.54) is 23.5 Å². The van der Waals surface area contributed by atoms with Crippen LogP contribution < -0.4 is 16.0 Å². The van der Waals surface area contributed by atoms with Gasteiger partial charge in [-0.1, -0.05) is 48.9 Å².